The maximum absolute atomic E-state index is 11.1. The Labute approximate surface area is 97.3 Å². The fourth-order valence-corrected chi connectivity index (χ4v) is 1.19. The summed E-state index contributed by atoms with van der Waals surface area (Å²) in [7, 11) is 0. The molecule has 0 saturated heterocycles. The van der Waals surface area contributed by atoms with Gasteiger partial charge in [0.25, 0.3) is 5.69 Å². The number of rotatable bonds is 4. The molecular formula is C11H11NO5. The Hall–Kier alpha value is -2.37. The van der Waals surface area contributed by atoms with Crippen molar-refractivity contribution in [2.75, 3.05) is 6.61 Å². The van der Waals surface area contributed by atoms with Gasteiger partial charge in [-0.2, -0.15) is 0 Å². The molecule has 1 rings (SSSR count). The van der Waals surface area contributed by atoms with Crippen LogP contribution in [0.1, 0.15) is 12.5 Å². The molecule has 0 saturated carbocycles. The molecule has 0 aliphatic heterocycles. The predicted octanol–water partition coefficient (Wildman–Crippen LogP) is 2.06. The van der Waals surface area contributed by atoms with Crippen molar-refractivity contribution in [2.45, 2.75) is 6.92 Å². The van der Waals surface area contributed by atoms with Crippen LogP contribution in [0, 0.1) is 10.1 Å². The first-order valence-corrected chi connectivity index (χ1v) is 4.87. The third-order valence-corrected chi connectivity index (χ3v) is 1.91. The first kappa shape index (κ1) is 12.7. The van der Waals surface area contributed by atoms with Crippen molar-refractivity contribution in [2.24, 2.45) is 0 Å². The molecular weight excluding hydrogens is 226 g/mol. The number of hydrogen-bond donors (Lipinski definition) is 1. The zero-order valence-electron chi connectivity index (χ0n) is 9.12. The Bertz CT molecular complexity index is 467. The Morgan fingerprint density at radius 2 is 2.18 bits per heavy atom. The lowest BCUT2D eigenvalue weighted by atomic mass is 10.1. The predicted molar refractivity (Wildman–Crippen MR) is 60.3 cm³/mol. The number of para-hydroxylation sites is 1. The van der Waals surface area contributed by atoms with Gasteiger partial charge in [-0.3, -0.25) is 10.1 Å². The van der Waals surface area contributed by atoms with Gasteiger partial charge in [0, 0.05) is 12.1 Å². The number of carbonyl (C=O) groups excluding carboxylic acids is 1. The van der Waals surface area contributed by atoms with Crippen LogP contribution in [0.15, 0.2) is 30.0 Å². The molecule has 0 heterocycles. The first-order valence-electron chi connectivity index (χ1n) is 4.87. The first-order chi connectivity index (χ1) is 8.06. The van der Waals surface area contributed by atoms with Gasteiger partial charge in [-0.1, -0.05) is 12.1 Å². The number of hydrogen-bond acceptors (Lipinski definition) is 5. The van der Waals surface area contributed by atoms with Crippen LogP contribution in [-0.4, -0.2) is 22.6 Å². The lowest BCUT2D eigenvalue weighted by molar-refractivity contribution is -0.385. The van der Waals surface area contributed by atoms with Crippen molar-refractivity contribution in [1.29, 1.82) is 0 Å². The van der Waals surface area contributed by atoms with E-state index in [1.165, 1.54) is 18.2 Å². The number of ether oxygens (including phenoxy) is 1. The van der Waals surface area contributed by atoms with Gasteiger partial charge in [0.2, 0.25) is 5.76 Å². The Kier molecular flexibility index (Phi) is 4.21. The van der Waals surface area contributed by atoms with Crippen LogP contribution in [-0.2, 0) is 9.53 Å². The summed E-state index contributed by atoms with van der Waals surface area (Å²) in [5.41, 5.74) is -0.0496. The highest BCUT2D eigenvalue weighted by molar-refractivity contribution is 5.91. The second-order valence-electron chi connectivity index (χ2n) is 3.07. The highest BCUT2D eigenvalue weighted by atomic mass is 16.6. The second kappa shape index (κ2) is 5.64. The molecule has 6 heteroatoms. The van der Waals surface area contributed by atoms with E-state index in [9.17, 15) is 20.0 Å². The van der Waals surface area contributed by atoms with Crippen LogP contribution in [0.25, 0.3) is 6.08 Å². The van der Waals surface area contributed by atoms with Gasteiger partial charge in [-0.25, -0.2) is 4.79 Å². The highest BCUT2D eigenvalue weighted by Crippen LogP contribution is 2.20. The van der Waals surface area contributed by atoms with E-state index in [0.29, 0.717) is 0 Å². The van der Waals surface area contributed by atoms with Crippen molar-refractivity contribution >= 4 is 17.7 Å². The summed E-state index contributed by atoms with van der Waals surface area (Å²) in [6.07, 6.45) is 1.01. The van der Waals surface area contributed by atoms with Gasteiger partial charge in [-0.15, -0.1) is 0 Å². The van der Waals surface area contributed by atoms with Crippen LogP contribution >= 0.6 is 0 Å². The Balaban J connectivity index is 3.05. The minimum atomic E-state index is -0.911. The third kappa shape index (κ3) is 3.30. The number of aliphatic hydroxyl groups excluding tert-OH is 1. The van der Waals surface area contributed by atoms with Gasteiger partial charge in [-0.05, 0) is 13.0 Å². The molecule has 0 aliphatic carbocycles. The maximum Gasteiger partial charge on any atom is 0.373 e. The third-order valence-electron chi connectivity index (χ3n) is 1.91. The van der Waals surface area contributed by atoms with E-state index in [0.717, 1.165) is 6.08 Å². The molecule has 0 radical (unpaired) electrons. The van der Waals surface area contributed by atoms with E-state index in [4.69, 9.17) is 0 Å². The summed E-state index contributed by atoms with van der Waals surface area (Å²) in [6, 6.07) is 5.77. The van der Waals surface area contributed by atoms with E-state index >= 15 is 0 Å². The standard InChI is InChI=1S/C11H11NO5/c1-2-17-11(14)10(13)7-8-5-3-4-6-9(8)12(15)16/h3-7,13H,2H2,1H3. The van der Waals surface area contributed by atoms with Crippen molar-refractivity contribution < 1.29 is 19.6 Å². The molecule has 1 aromatic rings. The van der Waals surface area contributed by atoms with Crippen molar-refractivity contribution in [1.82, 2.24) is 0 Å². The van der Waals surface area contributed by atoms with E-state index < -0.39 is 16.7 Å². The van der Waals surface area contributed by atoms with Crippen molar-refractivity contribution in [3.63, 3.8) is 0 Å². The highest BCUT2D eigenvalue weighted by Gasteiger charge is 2.14. The van der Waals surface area contributed by atoms with E-state index in [-0.39, 0.29) is 17.9 Å². The molecule has 1 aromatic carbocycles. The lowest BCUT2D eigenvalue weighted by Gasteiger charge is -2.01. The summed E-state index contributed by atoms with van der Waals surface area (Å²) in [5, 5.41) is 20.0. The number of carbonyl (C=O) groups is 1. The zero-order valence-corrected chi connectivity index (χ0v) is 9.12. The summed E-state index contributed by atoms with van der Waals surface area (Å²) in [5.74, 6) is -1.58. The van der Waals surface area contributed by atoms with Crippen molar-refractivity contribution in [3.05, 3.63) is 45.7 Å². The Morgan fingerprint density at radius 3 is 2.76 bits per heavy atom. The fourth-order valence-electron chi connectivity index (χ4n) is 1.19. The van der Waals surface area contributed by atoms with Crippen LogP contribution in [0.4, 0.5) is 5.69 Å². The number of aliphatic hydroxyl groups is 1. The van der Waals surface area contributed by atoms with Gasteiger partial charge in [0.05, 0.1) is 17.1 Å². The quantitative estimate of drug-likeness (QED) is 0.284. The molecule has 0 unspecified atom stereocenters. The van der Waals surface area contributed by atoms with Crippen LogP contribution in [0.2, 0.25) is 0 Å². The van der Waals surface area contributed by atoms with Crippen LogP contribution in [0.3, 0.4) is 0 Å². The van der Waals surface area contributed by atoms with Crippen molar-refractivity contribution in [3.8, 4) is 0 Å². The van der Waals surface area contributed by atoms with Gasteiger partial charge in [0.1, 0.15) is 0 Å². The summed E-state index contributed by atoms with van der Waals surface area (Å²) in [6.45, 7) is 1.71. The summed E-state index contributed by atoms with van der Waals surface area (Å²) < 4.78 is 4.55. The molecule has 90 valence electrons. The monoisotopic (exact) mass is 237 g/mol. The molecule has 0 aliphatic rings. The summed E-state index contributed by atoms with van der Waals surface area (Å²) >= 11 is 0. The fraction of sp³-hybridized carbons (Fsp3) is 0.182. The van der Waals surface area contributed by atoms with Gasteiger partial charge >= 0.3 is 5.97 Å². The molecule has 0 amide bonds. The topological polar surface area (TPSA) is 89.7 Å². The number of nitro benzene ring substituents is 1. The minimum Gasteiger partial charge on any atom is -0.502 e. The number of benzene rings is 1. The smallest absolute Gasteiger partial charge is 0.373 e. The maximum atomic E-state index is 11.1. The normalized spacial score (nSPS) is 11.0. The second-order valence-corrected chi connectivity index (χ2v) is 3.07. The number of nitro groups is 1. The van der Waals surface area contributed by atoms with Crippen LogP contribution in [0.5, 0.6) is 0 Å². The summed E-state index contributed by atoms with van der Waals surface area (Å²) in [4.78, 5) is 21.2. The van der Waals surface area contributed by atoms with E-state index in [1.807, 2.05) is 0 Å². The minimum absolute atomic E-state index is 0.119. The number of nitrogens with zero attached hydrogens (tertiary/aromatic N) is 1. The molecule has 0 fully saturated rings. The van der Waals surface area contributed by atoms with E-state index in [2.05, 4.69) is 4.74 Å². The molecule has 0 atom stereocenters. The molecule has 1 N–H and O–H groups in total. The largest absolute Gasteiger partial charge is 0.502 e. The van der Waals surface area contributed by atoms with Gasteiger partial charge < -0.3 is 9.84 Å². The molecule has 0 aromatic heterocycles. The lowest BCUT2D eigenvalue weighted by Crippen LogP contribution is -2.07. The van der Waals surface area contributed by atoms with E-state index in [1.54, 1.807) is 13.0 Å². The molecule has 0 bridgehead atoms. The average molecular weight is 237 g/mol. The average Bonchev–Trinajstić information content (AvgIpc) is 2.29. The molecule has 6 nitrogen and oxygen atoms in total. The zero-order chi connectivity index (χ0) is 12.8. The molecule has 17 heavy (non-hydrogen) atoms. The van der Waals surface area contributed by atoms with Crippen LogP contribution < -0.4 is 0 Å². The molecule has 0 spiro atoms. The Morgan fingerprint density at radius 1 is 1.53 bits per heavy atom. The van der Waals surface area contributed by atoms with Gasteiger partial charge in [0.15, 0.2) is 0 Å². The number of esters is 1. The SMILES string of the molecule is CCOC(=O)C(O)=Cc1ccccc1[N+](=O)[O-].